The minimum Gasteiger partial charge on any atom is -0.411 e. The molecule has 2 heterocycles. The Hall–Kier alpha value is -1.38. The first-order chi connectivity index (χ1) is 11.5. The number of carbonyl (C=O) groups is 1. The highest BCUT2D eigenvalue weighted by molar-refractivity contribution is 9.10. The number of morpholine rings is 1. The third-order valence-electron chi connectivity index (χ3n) is 3.57. The van der Waals surface area contributed by atoms with Gasteiger partial charge in [-0.05, 0) is 32.0 Å². The molecule has 1 aromatic carbocycles. The van der Waals surface area contributed by atoms with Crippen LogP contribution in [0.3, 0.4) is 0 Å². The Labute approximate surface area is 153 Å². The number of amides is 1. The molecule has 0 unspecified atom stereocenters. The van der Waals surface area contributed by atoms with E-state index in [1.807, 2.05) is 43.0 Å². The van der Waals surface area contributed by atoms with E-state index in [2.05, 4.69) is 26.1 Å². The topological polar surface area (TPSA) is 68.5 Å². The molecule has 6 nitrogen and oxygen atoms in total. The molecular weight excluding hydrogens is 394 g/mol. The van der Waals surface area contributed by atoms with Crippen LogP contribution in [0.1, 0.15) is 13.8 Å². The molecule has 1 aliphatic heterocycles. The summed E-state index contributed by atoms with van der Waals surface area (Å²) in [6.07, 6.45) is 0.128. The molecule has 0 N–H and O–H groups in total. The number of nitrogens with zero attached hydrogens (tertiary/aromatic N) is 3. The molecule has 24 heavy (non-hydrogen) atoms. The van der Waals surface area contributed by atoms with E-state index in [9.17, 15) is 4.79 Å². The van der Waals surface area contributed by atoms with Crippen LogP contribution in [-0.4, -0.2) is 52.1 Å². The summed E-state index contributed by atoms with van der Waals surface area (Å²) in [7, 11) is 0. The highest BCUT2D eigenvalue weighted by Crippen LogP contribution is 2.25. The van der Waals surface area contributed by atoms with Crippen molar-refractivity contribution in [1.82, 2.24) is 15.1 Å². The van der Waals surface area contributed by atoms with Crippen LogP contribution < -0.4 is 0 Å². The maximum absolute atomic E-state index is 12.3. The molecule has 0 saturated carbocycles. The fraction of sp³-hybridized carbons (Fsp3) is 0.438. The van der Waals surface area contributed by atoms with Gasteiger partial charge in [0.05, 0.1) is 18.0 Å². The quantitative estimate of drug-likeness (QED) is 0.719. The third kappa shape index (κ3) is 4.37. The van der Waals surface area contributed by atoms with Gasteiger partial charge in [0.2, 0.25) is 11.8 Å². The molecule has 1 aliphatic rings. The molecule has 2 atom stereocenters. The summed E-state index contributed by atoms with van der Waals surface area (Å²) in [6.45, 7) is 5.20. The molecule has 3 rings (SSSR count). The number of halogens is 1. The predicted octanol–water partition coefficient (Wildman–Crippen LogP) is 3.23. The summed E-state index contributed by atoms with van der Waals surface area (Å²) in [5, 5.41) is 8.44. The van der Waals surface area contributed by atoms with E-state index in [1.165, 1.54) is 11.8 Å². The molecule has 1 fully saturated rings. The summed E-state index contributed by atoms with van der Waals surface area (Å²) in [5.74, 6) is 0.781. The number of aromatic nitrogens is 2. The number of thioether (sulfide) groups is 1. The average molecular weight is 412 g/mol. The summed E-state index contributed by atoms with van der Waals surface area (Å²) >= 11 is 4.67. The normalized spacial score (nSPS) is 21.0. The molecule has 0 bridgehead atoms. The van der Waals surface area contributed by atoms with Crippen LogP contribution in [-0.2, 0) is 9.53 Å². The van der Waals surface area contributed by atoms with E-state index in [0.29, 0.717) is 24.2 Å². The molecule has 0 spiro atoms. The summed E-state index contributed by atoms with van der Waals surface area (Å²) in [4.78, 5) is 14.2. The lowest BCUT2D eigenvalue weighted by Crippen LogP contribution is -2.48. The van der Waals surface area contributed by atoms with Crippen LogP contribution in [0.25, 0.3) is 11.5 Å². The zero-order valence-corrected chi connectivity index (χ0v) is 15.8. The van der Waals surface area contributed by atoms with E-state index >= 15 is 0 Å². The average Bonchev–Trinajstić information content (AvgIpc) is 3.00. The van der Waals surface area contributed by atoms with Crippen molar-refractivity contribution in [2.45, 2.75) is 31.3 Å². The zero-order valence-electron chi connectivity index (χ0n) is 13.4. The molecule has 0 aliphatic carbocycles. The largest absolute Gasteiger partial charge is 0.411 e. The Bertz CT molecular complexity index is 714. The van der Waals surface area contributed by atoms with Gasteiger partial charge in [-0.3, -0.25) is 4.79 Å². The van der Waals surface area contributed by atoms with Crippen molar-refractivity contribution in [1.29, 1.82) is 0 Å². The highest BCUT2D eigenvalue weighted by atomic mass is 79.9. The number of ether oxygens (including phenoxy) is 1. The van der Waals surface area contributed by atoms with Crippen molar-refractivity contribution in [2.75, 3.05) is 18.8 Å². The smallest absolute Gasteiger partial charge is 0.277 e. The van der Waals surface area contributed by atoms with E-state index in [1.54, 1.807) is 0 Å². The molecule has 8 heteroatoms. The van der Waals surface area contributed by atoms with Crippen molar-refractivity contribution in [3.8, 4) is 11.5 Å². The monoisotopic (exact) mass is 411 g/mol. The van der Waals surface area contributed by atoms with Gasteiger partial charge in [0.15, 0.2) is 0 Å². The first-order valence-electron chi connectivity index (χ1n) is 7.66. The van der Waals surface area contributed by atoms with Gasteiger partial charge < -0.3 is 14.1 Å². The first kappa shape index (κ1) is 17.4. The number of benzene rings is 1. The molecule has 128 valence electrons. The van der Waals surface area contributed by atoms with Gasteiger partial charge >= 0.3 is 0 Å². The maximum atomic E-state index is 12.3. The summed E-state index contributed by atoms with van der Waals surface area (Å²) < 4.78 is 12.2. The van der Waals surface area contributed by atoms with Crippen molar-refractivity contribution < 1.29 is 13.9 Å². The van der Waals surface area contributed by atoms with Gasteiger partial charge in [-0.1, -0.05) is 33.8 Å². The van der Waals surface area contributed by atoms with Gasteiger partial charge in [0, 0.05) is 23.1 Å². The number of rotatable bonds is 4. The van der Waals surface area contributed by atoms with Crippen LogP contribution in [0.15, 0.2) is 38.4 Å². The van der Waals surface area contributed by atoms with Gasteiger partial charge in [-0.15, -0.1) is 10.2 Å². The van der Waals surface area contributed by atoms with E-state index in [0.717, 1.165) is 10.0 Å². The highest BCUT2D eigenvalue weighted by Gasteiger charge is 2.26. The Kier molecular flexibility index (Phi) is 5.57. The van der Waals surface area contributed by atoms with Crippen LogP contribution in [0.4, 0.5) is 0 Å². The van der Waals surface area contributed by atoms with Crippen molar-refractivity contribution >= 4 is 33.6 Å². The summed E-state index contributed by atoms with van der Waals surface area (Å²) in [6, 6.07) is 7.64. The fourth-order valence-electron chi connectivity index (χ4n) is 2.60. The van der Waals surface area contributed by atoms with Gasteiger partial charge in [-0.2, -0.15) is 0 Å². The SMILES string of the molecule is C[C@@H]1CN(C(=O)CSc2nnc(-c3cccc(Br)c3)o2)C[C@@H](C)O1. The first-order valence-corrected chi connectivity index (χ1v) is 9.44. The van der Waals surface area contributed by atoms with Crippen molar-refractivity contribution in [3.63, 3.8) is 0 Å². The van der Waals surface area contributed by atoms with E-state index < -0.39 is 0 Å². The van der Waals surface area contributed by atoms with Crippen LogP contribution in [0.5, 0.6) is 0 Å². The second kappa shape index (κ2) is 7.67. The number of hydrogen-bond donors (Lipinski definition) is 0. The maximum Gasteiger partial charge on any atom is 0.277 e. The standard InChI is InChI=1S/C16H18BrN3O3S/c1-10-7-20(8-11(2)22-10)14(21)9-24-16-19-18-15(23-16)12-4-3-5-13(17)6-12/h3-6,10-11H,7-9H2,1-2H3/t10-,11-/m1/s1. The molecular formula is C16H18BrN3O3S. The Morgan fingerprint density at radius 2 is 2.08 bits per heavy atom. The minimum atomic E-state index is 0.0594. The van der Waals surface area contributed by atoms with Gasteiger partial charge in [0.1, 0.15) is 0 Å². The van der Waals surface area contributed by atoms with Crippen LogP contribution in [0.2, 0.25) is 0 Å². The third-order valence-corrected chi connectivity index (χ3v) is 4.87. The molecule has 1 amide bonds. The molecule has 0 radical (unpaired) electrons. The zero-order chi connectivity index (χ0) is 17.1. The van der Waals surface area contributed by atoms with Crippen LogP contribution >= 0.6 is 27.7 Å². The predicted molar refractivity (Wildman–Crippen MR) is 94.7 cm³/mol. The van der Waals surface area contributed by atoms with Gasteiger partial charge in [0.25, 0.3) is 5.22 Å². The lowest BCUT2D eigenvalue weighted by atomic mass is 10.2. The van der Waals surface area contributed by atoms with E-state index in [4.69, 9.17) is 9.15 Å². The van der Waals surface area contributed by atoms with Crippen molar-refractivity contribution in [3.05, 3.63) is 28.7 Å². The Balaban J connectivity index is 1.58. The Morgan fingerprint density at radius 1 is 1.33 bits per heavy atom. The lowest BCUT2D eigenvalue weighted by Gasteiger charge is -2.35. The second-order valence-electron chi connectivity index (χ2n) is 5.73. The van der Waals surface area contributed by atoms with E-state index in [-0.39, 0.29) is 23.9 Å². The Morgan fingerprint density at radius 3 is 2.79 bits per heavy atom. The van der Waals surface area contributed by atoms with Crippen LogP contribution in [0, 0.1) is 0 Å². The number of hydrogen-bond acceptors (Lipinski definition) is 6. The van der Waals surface area contributed by atoms with Crippen molar-refractivity contribution in [2.24, 2.45) is 0 Å². The summed E-state index contributed by atoms with van der Waals surface area (Å²) in [5.41, 5.74) is 0.839. The fourth-order valence-corrected chi connectivity index (χ4v) is 3.67. The minimum absolute atomic E-state index is 0.0594. The molecule has 1 saturated heterocycles. The molecule has 2 aromatic rings. The lowest BCUT2D eigenvalue weighted by molar-refractivity contribution is -0.140. The molecule has 1 aromatic heterocycles. The second-order valence-corrected chi connectivity index (χ2v) is 7.57. The number of carbonyl (C=O) groups excluding carboxylic acids is 1. The van der Waals surface area contributed by atoms with Gasteiger partial charge in [-0.25, -0.2) is 0 Å².